The van der Waals surface area contributed by atoms with Gasteiger partial charge in [0.1, 0.15) is 0 Å². The van der Waals surface area contributed by atoms with Gasteiger partial charge in [-0.25, -0.2) is 0 Å². The average Bonchev–Trinajstić information content (AvgIpc) is 2.82. The minimum Gasteiger partial charge on any atom is -0.399 e. The van der Waals surface area contributed by atoms with Gasteiger partial charge in [-0.3, -0.25) is 4.79 Å². The molecule has 0 atom stereocenters. The minimum atomic E-state index is 0.000810. The summed E-state index contributed by atoms with van der Waals surface area (Å²) >= 11 is 0. The first-order chi connectivity index (χ1) is 9.72. The van der Waals surface area contributed by atoms with Gasteiger partial charge in [0.05, 0.1) is 6.54 Å². The lowest BCUT2D eigenvalue weighted by Gasteiger charge is -2.18. The van der Waals surface area contributed by atoms with Crippen molar-refractivity contribution in [3.8, 4) is 0 Å². The van der Waals surface area contributed by atoms with Crippen molar-refractivity contribution in [2.24, 2.45) is 0 Å². The Bertz CT molecular complexity index is 625. The molecule has 3 N–H and O–H groups in total. The molecule has 1 aliphatic heterocycles. The largest absolute Gasteiger partial charge is 0.399 e. The van der Waals surface area contributed by atoms with E-state index in [1.807, 2.05) is 48.5 Å². The molecule has 0 saturated heterocycles. The molecule has 1 amide bonds. The van der Waals surface area contributed by atoms with Crippen LogP contribution in [0, 0.1) is 0 Å². The maximum Gasteiger partial charge on any atom is 0.243 e. The monoisotopic (exact) mass is 267 g/mol. The van der Waals surface area contributed by atoms with Crippen LogP contribution in [0.4, 0.5) is 17.1 Å². The van der Waals surface area contributed by atoms with Crippen LogP contribution in [-0.2, 0) is 11.2 Å². The van der Waals surface area contributed by atoms with E-state index < -0.39 is 0 Å². The van der Waals surface area contributed by atoms with Gasteiger partial charge in [-0.05, 0) is 42.3 Å². The number of benzene rings is 2. The number of fused-ring (bicyclic) bond motifs is 1. The fourth-order valence-corrected chi connectivity index (χ4v) is 2.55. The van der Waals surface area contributed by atoms with Crippen molar-refractivity contribution in [2.75, 3.05) is 29.0 Å². The predicted molar refractivity (Wildman–Crippen MR) is 81.8 cm³/mol. The van der Waals surface area contributed by atoms with Crippen molar-refractivity contribution in [1.29, 1.82) is 0 Å². The van der Waals surface area contributed by atoms with Gasteiger partial charge < -0.3 is 16.0 Å². The van der Waals surface area contributed by atoms with E-state index in [4.69, 9.17) is 5.73 Å². The van der Waals surface area contributed by atoms with Crippen LogP contribution in [-0.4, -0.2) is 19.0 Å². The van der Waals surface area contributed by atoms with E-state index in [0.29, 0.717) is 6.54 Å². The van der Waals surface area contributed by atoms with E-state index in [1.54, 1.807) is 0 Å². The first-order valence-electron chi connectivity index (χ1n) is 6.70. The standard InChI is InChI=1S/C16H17N3O/c17-13-6-7-15-12(10-13)8-9-19(15)11-16(20)18-14-4-2-1-3-5-14/h1-7,10H,8-9,11,17H2,(H,18,20). The maximum absolute atomic E-state index is 12.1. The zero-order valence-corrected chi connectivity index (χ0v) is 11.2. The molecule has 2 aromatic rings. The molecular formula is C16H17N3O. The molecule has 3 rings (SSSR count). The highest BCUT2D eigenvalue weighted by atomic mass is 16.2. The molecule has 2 aromatic carbocycles. The fourth-order valence-electron chi connectivity index (χ4n) is 2.55. The molecule has 0 unspecified atom stereocenters. The summed E-state index contributed by atoms with van der Waals surface area (Å²) in [6.07, 6.45) is 0.943. The number of nitrogens with zero attached hydrogens (tertiary/aromatic N) is 1. The molecule has 0 saturated carbocycles. The summed E-state index contributed by atoms with van der Waals surface area (Å²) in [7, 11) is 0. The third kappa shape index (κ3) is 2.59. The highest BCUT2D eigenvalue weighted by molar-refractivity contribution is 5.94. The number of nitrogens with one attached hydrogen (secondary N) is 1. The second kappa shape index (κ2) is 5.25. The molecule has 4 heteroatoms. The van der Waals surface area contributed by atoms with Gasteiger partial charge in [0, 0.05) is 23.6 Å². The lowest BCUT2D eigenvalue weighted by molar-refractivity contribution is -0.115. The van der Waals surface area contributed by atoms with Gasteiger partial charge in [-0.15, -0.1) is 0 Å². The van der Waals surface area contributed by atoms with Crippen molar-refractivity contribution in [3.63, 3.8) is 0 Å². The molecule has 0 aromatic heterocycles. The van der Waals surface area contributed by atoms with Crippen molar-refractivity contribution in [2.45, 2.75) is 6.42 Å². The van der Waals surface area contributed by atoms with Gasteiger partial charge in [0.2, 0.25) is 5.91 Å². The first-order valence-corrected chi connectivity index (χ1v) is 6.70. The van der Waals surface area contributed by atoms with Gasteiger partial charge in [-0.1, -0.05) is 18.2 Å². The van der Waals surface area contributed by atoms with Crippen LogP contribution in [0.5, 0.6) is 0 Å². The lowest BCUT2D eigenvalue weighted by atomic mass is 10.1. The SMILES string of the molecule is Nc1ccc2c(c1)CCN2CC(=O)Nc1ccccc1. The minimum absolute atomic E-state index is 0.000810. The van der Waals surface area contributed by atoms with E-state index >= 15 is 0 Å². The van der Waals surface area contributed by atoms with E-state index in [-0.39, 0.29) is 5.91 Å². The Kier molecular flexibility index (Phi) is 3.29. The Hall–Kier alpha value is -2.49. The molecule has 0 fully saturated rings. The number of amides is 1. The molecule has 0 bridgehead atoms. The molecule has 1 heterocycles. The third-order valence-electron chi connectivity index (χ3n) is 3.49. The number of carbonyl (C=O) groups excluding carboxylic acids is 1. The maximum atomic E-state index is 12.1. The Morgan fingerprint density at radius 1 is 1.20 bits per heavy atom. The summed E-state index contributed by atoms with van der Waals surface area (Å²) in [5, 5.41) is 2.91. The molecule has 102 valence electrons. The molecular weight excluding hydrogens is 250 g/mol. The van der Waals surface area contributed by atoms with Crippen molar-refractivity contribution in [1.82, 2.24) is 0 Å². The van der Waals surface area contributed by atoms with Crippen LogP contribution in [0.1, 0.15) is 5.56 Å². The Balaban J connectivity index is 1.67. The zero-order chi connectivity index (χ0) is 13.9. The van der Waals surface area contributed by atoms with Gasteiger partial charge >= 0.3 is 0 Å². The van der Waals surface area contributed by atoms with Crippen LogP contribution >= 0.6 is 0 Å². The van der Waals surface area contributed by atoms with Crippen LogP contribution < -0.4 is 16.0 Å². The molecule has 0 spiro atoms. The summed E-state index contributed by atoms with van der Waals surface area (Å²) in [5.74, 6) is 0.000810. The average molecular weight is 267 g/mol. The van der Waals surface area contributed by atoms with Crippen molar-refractivity contribution in [3.05, 3.63) is 54.1 Å². The third-order valence-corrected chi connectivity index (χ3v) is 3.49. The van der Waals surface area contributed by atoms with Gasteiger partial charge in [0.25, 0.3) is 0 Å². The van der Waals surface area contributed by atoms with E-state index in [9.17, 15) is 4.79 Å². The number of rotatable bonds is 3. The highest BCUT2D eigenvalue weighted by Crippen LogP contribution is 2.29. The quantitative estimate of drug-likeness (QED) is 0.839. The number of para-hydroxylation sites is 1. The molecule has 0 radical (unpaired) electrons. The zero-order valence-electron chi connectivity index (χ0n) is 11.2. The van der Waals surface area contributed by atoms with Crippen LogP contribution in [0.2, 0.25) is 0 Å². The topological polar surface area (TPSA) is 58.4 Å². The summed E-state index contributed by atoms with van der Waals surface area (Å²) in [4.78, 5) is 14.2. The van der Waals surface area contributed by atoms with E-state index in [1.165, 1.54) is 5.56 Å². The van der Waals surface area contributed by atoms with Gasteiger partial charge in [-0.2, -0.15) is 0 Å². The number of anilines is 3. The normalized spacial score (nSPS) is 13.1. The van der Waals surface area contributed by atoms with Crippen LogP contribution in [0.15, 0.2) is 48.5 Å². The second-order valence-electron chi connectivity index (χ2n) is 4.97. The number of hydrogen-bond acceptors (Lipinski definition) is 3. The number of nitrogens with two attached hydrogens (primary N) is 1. The van der Waals surface area contributed by atoms with Crippen LogP contribution in [0.3, 0.4) is 0 Å². The first kappa shape index (κ1) is 12.5. The van der Waals surface area contributed by atoms with Gasteiger partial charge in [0.15, 0.2) is 0 Å². The Morgan fingerprint density at radius 2 is 2.00 bits per heavy atom. The molecule has 20 heavy (non-hydrogen) atoms. The summed E-state index contributed by atoms with van der Waals surface area (Å²) in [6, 6.07) is 15.4. The highest BCUT2D eigenvalue weighted by Gasteiger charge is 2.21. The fraction of sp³-hybridized carbons (Fsp3) is 0.188. The molecule has 4 nitrogen and oxygen atoms in total. The number of carbonyl (C=O) groups is 1. The smallest absolute Gasteiger partial charge is 0.243 e. The molecule has 0 aliphatic carbocycles. The Labute approximate surface area is 118 Å². The second-order valence-corrected chi connectivity index (χ2v) is 4.97. The molecule has 1 aliphatic rings. The lowest BCUT2D eigenvalue weighted by Crippen LogP contribution is -2.31. The summed E-state index contributed by atoms with van der Waals surface area (Å²) < 4.78 is 0. The number of hydrogen-bond donors (Lipinski definition) is 2. The van der Waals surface area contributed by atoms with Crippen molar-refractivity contribution < 1.29 is 4.79 Å². The van der Waals surface area contributed by atoms with Crippen LogP contribution in [0.25, 0.3) is 0 Å². The summed E-state index contributed by atoms with van der Waals surface area (Å²) in [5.41, 5.74) is 9.72. The van der Waals surface area contributed by atoms with E-state index in [2.05, 4.69) is 10.2 Å². The summed E-state index contributed by atoms with van der Waals surface area (Å²) in [6.45, 7) is 1.23. The Morgan fingerprint density at radius 3 is 2.80 bits per heavy atom. The number of nitrogen functional groups attached to an aromatic ring is 1. The van der Waals surface area contributed by atoms with Crippen molar-refractivity contribution >= 4 is 23.0 Å². The van der Waals surface area contributed by atoms with E-state index in [0.717, 1.165) is 30.0 Å². The predicted octanol–water partition coefficient (Wildman–Crippen LogP) is 2.27.